The molecule has 0 spiro atoms. The molecule has 0 fully saturated rings. The van der Waals surface area contributed by atoms with Crippen molar-refractivity contribution in [1.82, 2.24) is 4.90 Å². The van der Waals surface area contributed by atoms with Crippen LogP contribution < -0.4 is 11.1 Å². The van der Waals surface area contributed by atoms with E-state index in [2.05, 4.69) is 16.3 Å². The fraction of sp³-hybridized carbons (Fsp3) is 0.267. The summed E-state index contributed by atoms with van der Waals surface area (Å²) in [5.74, 6) is -0.0833. The Balaban J connectivity index is 1.93. The van der Waals surface area contributed by atoms with E-state index in [1.54, 1.807) is 29.5 Å². The minimum absolute atomic E-state index is 0.0833. The quantitative estimate of drug-likeness (QED) is 0.801. The Morgan fingerprint density at radius 3 is 2.86 bits per heavy atom. The number of carbonyl (C=O) groups is 1. The molecule has 112 valence electrons. The summed E-state index contributed by atoms with van der Waals surface area (Å²) in [6.45, 7) is 3.95. The van der Waals surface area contributed by atoms with Gasteiger partial charge in [-0.3, -0.25) is 9.69 Å². The first-order valence-corrected chi connectivity index (χ1v) is 7.94. The molecule has 0 aliphatic heterocycles. The van der Waals surface area contributed by atoms with Crippen LogP contribution in [0.25, 0.3) is 0 Å². The predicted molar refractivity (Wildman–Crippen MR) is 89.8 cm³/mol. The van der Waals surface area contributed by atoms with Crippen molar-refractivity contribution in [2.75, 3.05) is 24.1 Å². The third-order valence-electron chi connectivity index (χ3n) is 3.04. The van der Waals surface area contributed by atoms with Crippen LogP contribution >= 0.6 is 22.9 Å². The third-order valence-corrected chi connectivity index (χ3v) is 4.22. The lowest BCUT2D eigenvalue weighted by molar-refractivity contribution is -0.117. The lowest BCUT2D eigenvalue weighted by Gasteiger charge is -2.19. The van der Waals surface area contributed by atoms with Crippen LogP contribution in [-0.4, -0.2) is 23.9 Å². The van der Waals surface area contributed by atoms with E-state index in [-0.39, 0.29) is 5.91 Å². The van der Waals surface area contributed by atoms with Gasteiger partial charge in [0.05, 0.1) is 17.3 Å². The monoisotopic (exact) mass is 323 g/mol. The van der Waals surface area contributed by atoms with Crippen molar-refractivity contribution >= 4 is 40.2 Å². The van der Waals surface area contributed by atoms with Crippen LogP contribution in [0.2, 0.25) is 5.02 Å². The Bertz CT molecular complexity index is 601. The molecule has 2 rings (SSSR count). The smallest absolute Gasteiger partial charge is 0.238 e. The fourth-order valence-corrected chi connectivity index (χ4v) is 2.91. The number of anilines is 2. The second-order valence-corrected chi connectivity index (χ2v) is 6.11. The van der Waals surface area contributed by atoms with Gasteiger partial charge in [0, 0.05) is 17.1 Å². The fourth-order valence-electron chi connectivity index (χ4n) is 1.93. The van der Waals surface area contributed by atoms with E-state index >= 15 is 0 Å². The highest BCUT2D eigenvalue weighted by molar-refractivity contribution is 7.09. The van der Waals surface area contributed by atoms with Crippen molar-refractivity contribution in [2.24, 2.45) is 0 Å². The number of benzene rings is 1. The minimum Gasteiger partial charge on any atom is -0.399 e. The topological polar surface area (TPSA) is 58.4 Å². The number of carbonyl (C=O) groups excluding carboxylic acids is 1. The molecule has 1 heterocycles. The Kier molecular flexibility index (Phi) is 5.61. The molecule has 4 nitrogen and oxygen atoms in total. The molecule has 0 saturated heterocycles. The number of hydrogen-bond donors (Lipinski definition) is 2. The van der Waals surface area contributed by atoms with Gasteiger partial charge in [0.1, 0.15) is 0 Å². The van der Waals surface area contributed by atoms with Gasteiger partial charge in [-0.15, -0.1) is 11.3 Å². The van der Waals surface area contributed by atoms with Gasteiger partial charge >= 0.3 is 0 Å². The first-order valence-electron chi connectivity index (χ1n) is 6.68. The Hall–Kier alpha value is -1.56. The lowest BCUT2D eigenvalue weighted by Crippen LogP contribution is -2.32. The second kappa shape index (κ2) is 7.45. The number of hydrogen-bond acceptors (Lipinski definition) is 4. The van der Waals surface area contributed by atoms with Crippen LogP contribution in [0.1, 0.15) is 11.8 Å². The molecule has 0 aliphatic rings. The number of likely N-dealkylation sites (N-methyl/N-ethyl adjacent to an activating group) is 1. The maximum atomic E-state index is 12.1. The van der Waals surface area contributed by atoms with Gasteiger partial charge < -0.3 is 11.1 Å². The zero-order chi connectivity index (χ0) is 15.2. The van der Waals surface area contributed by atoms with Gasteiger partial charge in [0.15, 0.2) is 0 Å². The van der Waals surface area contributed by atoms with E-state index in [0.29, 0.717) is 22.9 Å². The van der Waals surface area contributed by atoms with Gasteiger partial charge in [-0.1, -0.05) is 24.6 Å². The molecule has 6 heteroatoms. The largest absolute Gasteiger partial charge is 0.399 e. The second-order valence-electron chi connectivity index (χ2n) is 4.67. The molecule has 21 heavy (non-hydrogen) atoms. The van der Waals surface area contributed by atoms with E-state index in [9.17, 15) is 4.79 Å². The molecule has 0 saturated carbocycles. The summed E-state index contributed by atoms with van der Waals surface area (Å²) >= 11 is 7.75. The first-order chi connectivity index (χ1) is 10.1. The van der Waals surface area contributed by atoms with Crippen molar-refractivity contribution < 1.29 is 4.79 Å². The summed E-state index contributed by atoms with van der Waals surface area (Å²) < 4.78 is 0. The zero-order valence-electron chi connectivity index (χ0n) is 11.8. The van der Waals surface area contributed by atoms with Crippen LogP contribution in [-0.2, 0) is 11.3 Å². The van der Waals surface area contributed by atoms with Crippen LogP contribution in [0.5, 0.6) is 0 Å². The number of halogens is 1. The molecule has 2 aromatic rings. The standard InChI is InChI=1S/C15H18ClN3OS/c1-2-19(9-12-4-3-7-21-12)10-15(20)18-14-6-5-11(17)8-13(14)16/h3-8H,2,9-10,17H2,1H3,(H,18,20). The zero-order valence-corrected chi connectivity index (χ0v) is 13.4. The maximum absolute atomic E-state index is 12.1. The van der Waals surface area contributed by atoms with E-state index < -0.39 is 0 Å². The van der Waals surface area contributed by atoms with E-state index in [4.69, 9.17) is 17.3 Å². The van der Waals surface area contributed by atoms with Crippen LogP contribution in [0.15, 0.2) is 35.7 Å². The SMILES string of the molecule is CCN(CC(=O)Nc1ccc(N)cc1Cl)Cc1cccs1. The molecule has 0 radical (unpaired) electrons. The molecule has 1 aromatic heterocycles. The molecular weight excluding hydrogens is 306 g/mol. The lowest BCUT2D eigenvalue weighted by atomic mass is 10.3. The predicted octanol–water partition coefficient (Wildman–Crippen LogP) is 3.44. The van der Waals surface area contributed by atoms with Crippen molar-refractivity contribution in [2.45, 2.75) is 13.5 Å². The van der Waals surface area contributed by atoms with Crippen molar-refractivity contribution in [3.8, 4) is 0 Å². The van der Waals surface area contributed by atoms with Crippen molar-refractivity contribution in [3.05, 3.63) is 45.6 Å². The van der Waals surface area contributed by atoms with Crippen LogP contribution in [0.4, 0.5) is 11.4 Å². The molecular formula is C15H18ClN3OS. The maximum Gasteiger partial charge on any atom is 0.238 e. The number of rotatable bonds is 6. The molecule has 0 unspecified atom stereocenters. The summed E-state index contributed by atoms with van der Waals surface area (Å²) in [5.41, 5.74) is 6.79. The number of thiophene rings is 1. The number of amides is 1. The number of nitrogens with zero attached hydrogens (tertiary/aromatic N) is 1. The average molecular weight is 324 g/mol. The number of nitrogens with one attached hydrogen (secondary N) is 1. The third kappa shape index (κ3) is 4.74. The molecule has 0 bridgehead atoms. The highest BCUT2D eigenvalue weighted by Gasteiger charge is 2.12. The highest BCUT2D eigenvalue weighted by Crippen LogP contribution is 2.24. The molecule has 1 aromatic carbocycles. The van der Waals surface area contributed by atoms with Gasteiger partial charge in [-0.25, -0.2) is 0 Å². The van der Waals surface area contributed by atoms with Gasteiger partial charge in [0.25, 0.3) is 0 Å². The normalized spacial score (nSPS) is 10.8. The molecule has 3 N–H and O–H groups in total. The minimum atomic E-state index is -0.0833. The molecule has 0 aliphatic carbocycles. The Labute approximate surface area is 133 Å². The summed E-state index contributed by atoms with van der Waals surface area (Å²) in [6, 6.07) is 9.14. The van der Waals surface area contributed by atoms with Gasteiger partial charge in [-0.05, 0) is 36.2 Å². The first kappa shape index (κ1) is 15.8. The number of nitrogen functional groups attached to an aromatic ring is 1. The van der Waals surface area contributed by atoms with E-state index in [1.165, 1.54) is 4.88 Å². The number of nitrogens with two attached hydrogens (primary N) is 1. The van der Waals surface area contributed by atoms with Crippen molar-refractivity contribution in [1.29, 1.82) is 0 Å². The molecule has 0 atom stereocenters. The summed E-state index contributed by atoms with van der Waals surface area (Å²) in [4.78, 5) is 15.4. The van der Waals surface area contributed by atoms with Crippen LogP contribution in [0, 0.1) is 0 Å². The van der Waals surface area contributed by atoms with Crippen molar-refractivity contribution in [3.63, 3.8) is 0 Å². The average Bonchev–Trinajstić information content (AvgIpc) is 2.94. The summed E-state index contributed by atoms with van der Waals surface area (Å²) in [5, 5.41) is 5.30. The Morgan fingerprint density at radius 1 is 1.43 bits per heavy atom. The summed E-state index contributed by atoms with van der Waals surface area (Å²) in [7, 11) is 0. The highest BCUT2D eigenvalue weighted by atomic mass is 35.5. The van der Waals surface area contributed by atoms with E-state index in [0.717, 1.165) is 13.1 Å². The van der Waals surface area contributed by atoms with E-state index in [1.807, 2.05) is 18.4 Å². The van der Waals surface area contributed by atoms with Gasteiger partial charge in [0.2, 0.25) is 5.91 Å². The molecule has 1 amide bonds. The Morgan fingerprint density at radius 2 is 2.24 bits per heavy atom. The van der Waals surface area contributed by atoms with Gasteiger partial charge in [-0.2, -0.15) is 0 Å². The van der Waals surface area contributed by atoms with Crippen LogP contribution in [0.3, 0.4) is 0 Å². The summed E-state index contributed by atoms with van der Waals surface area (Å²) in [6.07, 6.45) is 0.